The van der Waals surface area contributed by atoms with Gasteiger partial charge in [-0.15, -0.1) is 0 Å². The molecular formula is C67H130O17P2. The molecule has 19 heteroatoms. The standard InChI is InChI=1S/C67H130O17P2/c1-5-9-13-17-21-24-26-28-29-30-31-33-35-38-42-46-50-54-67(72)84-63(58-78-65(70)52-48-44-40-37-34-32-27-25-22-18-14-10-6-2)60-82-86(75,76)80-56-61(68)55-79-85(73,74)81-59-62(57-77-64(69)51-47-43-39-20-16-12-8-4)83-66(71)53-49-45-41-36-23-19-15-11-7-3/h61-63,68H,5-60H2,1-4H3,(H,73,74)(H,75,76)/t61-,62+,63+/m0/s1. The van der Waals surface area contributed by atoms with Crippen LogP contribution in [0, 0.1) is 0 Å². The molecule has 0 aromatic carbocycles. The Kier molecular flexibility index (Phi) is 60.5. The van der Waals surface area contributed by atoms with Gasteiger partial charge < -0.3 is 33.8 Å². The van der Waals surface area contributed by atoms with Crippen molar-refractivity contribution in [2.24, 2.45) is 0 Å². The third kappa shape index (κ3) is 60.9. The molecule has 0 rings (SSSR count). The summed E-state index contributed by atoms with van der Waals surface area (Å²) in [7, 11) is -9.88. The fourth-order valence-corrected chi connectivity index (χ4v) is 11.7. The Morgan fingerprint density at radius 3 is 0.686 bits per heavy atom. The van der Waals surface area contributed by atoms with Crippen molar-refractivity contribution in [1.82, 2.24) is 0 Å². The van der Waals surface area contributed by atoms with Crippen molar-refractivity contribution >= 4 is 39.5 Å². The van der Waals surface area contributed by atoms with Crippen molar-refractivity contribution in [2.45, 2.75) is 367 Å². The first-order valence-corrected chi connectivity index (χ1v) is 38.3. The van der Waals surface area contributed by atoms with Gasteiger partial charge in [-0.3, -0.25) is 37.3 Å². The number of rotatable bonds is 68. The molecule has 0 saturated heterocycles. The van der Waals surface area contributed by atoms with Crippen LogP contribution in [0.3, 0.4) is 0 Å². The molecule has 0 aliphatic rings. The van der Waals surface area contributed by atoms with E-state index in [1.165, 1.54) is 167 Å². The minimum atomic E-state index is -4.95. The summed E-state index contributed by atoms with van der Waals surface area (Å²) in [6.07, 6.45) is 48.7. The van der Waals surface area contributed by atoms with E-state index in [0.29, 0.717) is 25.7 Å². The highest BCUT2D eigenvalue weighted by molar-refractivity contribution is 7.47. The van der Waals surface area contributed by atoms with Gasteiger partial charge >= 0.3 is 39.5 Å². The van der Waals surface area contributed by atoms with Gasteiger partial charge in [0.1, 0.15) is 19.3 Å². The minimum absolute atomic E-state index is 0.106. The molecule has 510 valence electrons. The molecule has 0 heterocycles. The molecule has 5 atom stereocenters. The van der Waals surface area contributed by atoms with Crippen molar-refractivity contribution in [3.63, 3.8) is 0 Å². The zero-order chi connectivity index (χ0) is 63.3. The van der Waals surface area contributed by atoms with Crippen molar-refractivity contribution in [2.75, 3.05) is 39.6 Å². The van der Waals surface area contributed by atoms with Crippen LogP contribution in [-0.2, 0) is 65.4 Å². The zero-order valence-corrected chi connectivity index (χ0v) is 57.1. The number of aliphatic hydroxyl groups excluding tert-OH is 1. The summed E-state index contributed by atoms with van der Waals surface area (Å²) in [6.45, 7) is 4.87. The van der Waals surface area contributed by atoms with Gasteiger partial charge in [-0.05, 0) is 25.7 Å². The Morgan fingerprint density at radius 1 is 0.279 bits per heavy atom. The Balaban J connectivity index is 5.18. The number of esters is 4. The summed E-state index contributed by atoms with van der Waals surface area (Å²) in [6, 6.07) is 0. The van der Waals surface area contributed by atoms with Gasteiger partial charge in [0.2, 0.25) is 0 Å². The van der Waals surface area contributed by atoms with Crippen LogP contribution in [0.4, 0.5) is 0 Å². The molecule has 0 aliphatic carbocycles. The van der Waals surface area contributed by atoms with Crippen molar-refractivity contribution in [3.8, 4) is 0 Å². The second kappa shape index (κ2) is 61.9. The Morgan fingerprint density at radius 2 is 0.465 bits per heavy atom. The monoisotopic (exact) mass is 1270 g/mol. The van der Waals surface area contributed by atoms with Gasteiger partial charge in [0, 0.05) is 25.7 Å². The van der Waals surface area contributed by atoms with E-state index in [9.17, 15) is 43.2 Å². The summed E-state index contributed by atoms with van der Waals surface area (Å²) < 4.78 is 68.0. The molecule has 0 spiro atoms. The topological polar surface area (TPSA) is 237 Å². The van der Waals surface area contributed by atoms with Crippen LogP contribution in [0.25, 0.3) is 0 Å². The largest absolute Gasteiger partial charge is 0.472 e. The lowest BCUT2D eigenvalue weighted by atomic mass is 10.0. The second-order valence-electron chi connectivity index (χ2n) is 24.2. The van der Waals surface area contributed by atoms with Crippen molar-refractivity contribution in [1.29, 1.82) is 0 Å². The number of carbonyl (C=O) groups excluding carboxylic acids is 4. The molecule has 0 bridgehead atoms. The molecule has 2 unspecified atom stereocenters. The Labute approximate surface area is 524 Å². The van der Waals surface area contributed by atoms with E-state index in [2.05, 4.69) is 27.7 Å². The van der Waals surface area contributed by atoms with E-state index in [1.54, 1.807) is 0 Å². The number of unbranched alkanes of at least 4 members (excludes halogenated alkanes) is 42. The van der Waals surface area contributed by atoms with E-state index in [0.717, 1.165) is 103 Å². The third-order valence-corrected chi connectivity index (χ3v) is 17.5. The smallest absolute Gasteiger partial charge is 0.462 e. The van der Waals surface area contributed by atoms with Crippen molar-refractivity contribution < 1.29 is 80.2 Å². The number of phosphoric ester groups is 2. The van der Waals surface area contributed by atoms with Crippen LogP contribution >= 0.6 is 15.6 Å². The molecule has 0 fully saturated rings. The molecule has 0 amide bonds. The number of carbonyl (C=O) groups is 4. The summed E-state index contributed by atoms with van der Waals surface area (Å²) in [5.41, 5.74) is 0. The number of aliphatic hydroxyl groups is 1. The van der Waals surface area contributed by atoms with E-state index in [1.807, 2.05) is 0 Å². The minimum Gasteiger partial charge on any atom is -0.462 e. The lowest BCUT2D eigenvalue weighted by Gasteiger charge is -2.21. The Bertz CT molecular complexity index is 1650. The van der Waals surface area contributed by atoms with E-state index >= 15 is 0 Å². The highest BCUT2D eigenvalue weighted by Crippen LogP contribution is 2.45. The van der Waals surface area contributed by atoms with Crippen LogP contribution in [0.15, 0.2) is 0 Å². The van der Waals surface area contributed by atoms with Gasteiger partial charge in [0.15, 0.2) is 12.2 Å². The van der Waals surface area contributed by atoms with Gasteiger partial charge in [-0.2, -0.15) is 0 Å². The fourth-order valence-electron chi connectivity index (χ4n) is 10.2. The number of hydrogen-bond acceptors (Lipinski definition) is 15. The summed E-state index contributed by atoms with van der Waals surface area (Å²) >= 11 is 0. The molecule has 3 N–H and O–H groups in total. The second-order valence-corrected chi connectivity index (χ2v) is 27.1. The summed E-state index contributed by atoms with van der Waals surface area (Å²) in [5, 5.41) is 10.5. The molecule has 86 heavy (non-hydrogen) atoms. The molecule has 0 aromatic heterocycles. The maximum Gasteiger partial charge on any atom is 0.472 e. The summed E-state index contributed by atoms with van der Waals surface area (Å²) in [5.74, 6) is -2.13. The Hall–Kier alpha value is -1.94. The third-order valence-electron chi connectivity index (χ3n) is 15.6. The summed E-state index contributed by atoms with van der Waals surface area (Å²) in [4.78, 5) is 72.2. The van der Waals surface area contributed by atoms with Gasteiger partial charge in [-0.25, -0.2) is 9.13 Å². The van der Waals surface area contributed by atoms with E-state index in [-0.39, 0.29) is 25.7 Å². The van der Waals surface area contributed by atoms with Crippen molar-refractivity contribution in [3.05, 3.63) is 0 Å². The van der Waals surface area contributed by atoms with Gasteiger partial charge in [-0.1, -0.05) is 297 Å². The van der Waals surface area contributed by atoms with Gasteiger partial charge in [0.25, 0.3) is 0 Å². The number of ether oxygens (including phenoxy) is 4. The van der Waals surface area contributed by atoms with E-state index < -0.39 is 97.5 Å². The number of hydrogen-bond donors (Lipinski definition) is 3. The normalized spacial score (nSPS) is 14.1. The molecule has 0 saturated carbocycles. The average molecular weight is 1270 g/mol. The van der Waals surface area contributed by atoms with Crippen LogP contribution in [-0.4, -0.2) is 96.7 Å². The zero-order valence-electron chi connectivity index (χ0n) is 55.3. The molecule has 0 aliphatic heterocycles. The quantitative estimate of drug-likeness (QED) is 0.0222. The average Bonchev–Trinajstić information content (AvgIpc) is 3.60. The first kappa shape index (κ1) is 84.1. The maximum absolute atomic E-state index is 13.0. The lowest BCUT2D eigenvalue weighted by Crippen LogP contribution is -2.30. The van der Waals surface area contributed by atoms with E-state index in [4.69, 9.17) is 37.0 Å². The lowest BCUT2D eigenvalue weighted by molar-refractivity contribution is -0.161. The molecule has 0 aromatic rings. The SMILES string of the molecule is CCCCCCCCCCCCCCCCCCCC(=O)O[C@H](COC(=O)CCCCCCCCCCCCCCC)COP(=O)(O)OC[C@@H](O)COP(=O)(O)OC[C@@H](COC(=O)CCCCCCCCC)OC(=O)CCCCCCCCCCC. The number of phosphoric acid groups is 2. The predicted molar refractivity (Wildman–Crippen MR) is 345 cm³/mol. The molecular weight excluding hydrogens is 1140 g/mol. The van der Waals surface area contributed by atoms with Crippen LogP contribution in [0.5, 0.6) is 0 Å². The van der Waals surface area contributed by atoms with Crippen LogP contribution in [0.2, 0.25) is 0 Å². The molecule has 17 nitrogen and oxygen atoms in total. The van der Waals surface area contributed by atoms with Crippen LogP contribution in [0.1, 0.15) is 349 Å². The maximum atomic E-state index is 13.0. The predicted octanol–water partition coefficient (Wildman–Crippen LogP) is 19.1. The first-order chi connectivity index (χ1) is 41.7. The van der Waals surface area contributed by atoms with Gasteiger partial charge in [0.05, 0.1) is 26.4 Å². The van der Waals surface area contributed by atoms with Crippen LogP contribution < -0.4 is 0 Å². The highest BCUT2D eigenvalue weighted by atomic mass is 31.2. The molecule has 0 radical (unpaired) electrons. The first-order valence-electron chi connectivity index (χ1n) is 35.3. The highest BCUT2D eigenvalue weighted by Gasteiger charge is 2.30. The fraction of sp³-hybridized carbons (Fsp3) is 0.940.